The molecule has 0 aromatic rings. The number of hydrogen-bond donors (Lipinski definition) is 4. The van der Waals surface area contributed by atoms with Crippen LogP contribution in [0.1, 0.15) is 6.42 Å². The first kappa shape index (κ1) is 9.88. The fourth-order valence-corrected chi connectivity index (χ4v) is 1.13. The SMILES string of the molecule is OC1CCOCC(O)C(O)C1O. The quantitative estimate of drug-likeness (QED) is 0.339. The molecule has 0 saturated carbocycles. The van der Waals surface area contributed by atoms with Crippen molar-refractivity contribution in [1.82, 2.24) is 0 Å². The van der Waals surface area contributed by atoms with Crippen molar-refractivity contribution in [2.75, 3.05) is 13.2 Å². The standard InChI is InChI=1S/C7H14O5/c8-4-1-2-12-3-5(9)7(11)6(4)10/h4-11H,1-3H2. The molecule has 0 radical (unpaired) electrons. The monoisotopic (exact) mass is 178 g/mol. The zero-order valence-electron chi connectivity index (χ0n) is 6.63. The van der Waals surface area contributed by atoms with Gasteiger partial charge in [-0.2, -0.15) is 0 Å². The zero-order chi connectivity index (χ0) is 9.14. The number of hydrogen-bond acceptors (Lipinski definition) is 5. The summed E-state index contributed by atoms with van der Waals surface area (Å²) in [7, 11) is 0. The third kappa shape index (κ3) is 2.15. The van der Waals surface area contributed by atoms with Gasteiger partial charge in [0.2, 0.25) is 0 Å². The van der Waals surface area contributed by atoms with Gasteiger partial charge in [-0.15, -0.1) is 0 Å². The molecule has 72 valence electrons. The Hall–Kier alpha value is -0.200. The lowest BCUT2D eigenvalue weighted by molar-refractivity contribution is -0.142. The van der Waals surface area contributed by atoms with Gasteiger partial charge in [0.05, 0.1) is 12.7 Å². The largest absolute Gasteiger partial charge is 0.390 e. The Bertz CT molecular complexity index is 124. The van der Waals surface area contributed by atoms with Crippen LogP contribution in [-0.4, -0.2) is 58.1 Å². The Balaban J connectivity index is 2.55. The summed E-state index contributed by atoms with van der Waals surface area (Å²) >= 11 is 0. The topological polar surface area (TPSA) is 90.2 Å². The summed E-state index contributed by atoms with van der Waals surface area (Å²) in [5, 5.41) is 36.7. The first-order chi connectivity index (χ1) is 5.63. The van der Waals surface area contributed by atoms with E-state index in [9.17, 15) is 10.2 Å². The molecule has 0 aliphatic carbocycles. The molecule has 1 aliphatic rings. The molecule has 4 atom stereocenters. The maximum atomic E-state index is 9.21. The fourth-order valence-electron chi connectivity index (χ4n) is 1.13. The van der Waals surface area contributed by atoms with Crippen molar-refractivity contribution in [3.63, 3.8) is 0 Å². The van der Waals surface area contributed by atoms with E-state index in [-0.39, 0.29) is 19.6 Å². The third-order valence-corrected chi connectivity index (χ3v) is 1.98. The third-order valence-electron chi connectivity index (χ3n) is 1.98. The van der Waals surface area contributed by atoms with Gasteiger partial charge in [0.1, 0.15) is 18.3 Å². The van der Waals surface area contributed by atoms with Crippen molar-refractivity contribution < 1.29 is 25.2 Å². The van der Waals surface area contributed by atoms with Crippen molar-refractivity contribution in [2.24, 2.45) is 0 Å². The molecule has 0 aromatic carbocycles. The summed E-state index contributed by atoms with van der Waals surface area (Å²) in [5.74, 6) is 0. The van der Waals surface area contributed by atoms with Gasteiger partial charge in [-0.25, -0.2) is 0 Å². The molecule has 5 heteroatoms. The summed E-state index contributed by atoms with van der Waals surface area (Å²) in [5.41, 5.74) is 0. The molecular formula is C7H14O5. The minimum Gasteiger partial charge on any atom is -0.390 e. The van der Waals surface area contributed by atoms with Crippen LogP contribution in [0.15, 0.2) is 0 Å². The zero-order valence-corrected chi connectivity index (χ0v) is 6.63. The highest BCUT2D eigenvalue weighted by Gasteiger charge is 2.31. The molecule has 1 rings (SSSR count). The van der Waals surface area contributed by atoms with E-state index in [2.05, 4.69) is 0 Å². The van der Waals surface area contributed by atoms with E-state index in [0.717, 1.165) is 0 Å². The van der Waals surface area contributed by atoms with Gasteiger partial charge in [-0.05, 0) is 6.42 Å². The Kier molecular flexibility index (Phi) is 3.42. The second-order valence-corrected chi connectivity index (χ2v) is 2.98. The van der Waals surface area contributed by atoms with Gasteiger partial charge >= 0.3 is 0 Å². The molecular weight excluding hydrogens is 164 g/mol. The summed E-state index contributed by atoms with van der Waals surface area (Å²) in [4.78, 5) is 0. The van der Waals surface area contributed by atoms with Gasteiger partial charge in [0, 0.05) is 6.61 Å². The summed E-state index contributed by atoms with van der Waals surface area (Å²) in [6.45, 7) is 0.271. The highest BCUT2D eigenvalue weighted by Crippen LogP contribution is 2.11. The maximum absolute atomic E-state index is 9.21. The lowest BCUT2D eigenvalue weighted by atomic mass is 10.0. The Labute approximate surface area is 70.2 Å². The molecule has 0 spiro atoms. The average molecular weight is 178 g/mol. The van der Waals surface area contributed by atoms with Gasteiger partial charge in [-0.1, -0.05) is 0 Å². The minimum atomic E-state index is -1.33. The van der Waals surface area contributed by atoms with E-state index < -0.39 is 24.4 Å². The Morgan fingerprint density at radius 2 is 1.50 bits per heavy atom. The highest BCUT2D eigenvalue weighted by molar-refractivity contribution is 4.82. The van der Waals surface area contributed by atoms with Crippen LogP contribution >= 0.6 is 0 Å². The first-order valence-electron chi connectivity index (χ1n) is 3.93. The average Bonchev–Trinajstić information content (AvgIpc) is 2.07. The van der Waals surface area contributed by atoms with Crippen LogP contribution in [0.3, 0.4) is 0 Å². The number of ether oxygens (including phenoxy) is 1. The predicted molar refractivity (Wildman–Crippen MR) is 39.5 cm³/mol. The molecule has 4 N–H and O–H groups in total. The molecule has 5 nitrogen and oxygen atoms in total. The van der Waals surface area contributed by atoms with Crippen LogP contribution < -0.4 is 0 Å². The molecule has 1 aliphatic heterocycles. The molecule has 12 heavy (non-hydrogen) atoms. The van der Waals surface area contributed by atoms with Crippen LogP contribution in [-0.2, 0) is 4.74 Å². The predicted octanol–water partition coefficient (Wildman–Crippen LogP) is -2.15. The van der Waals surface area contributed by atoms with E-state index in [1.807, 2.05) is 0 Å². The maximum Gasteiger partial charge on any atom is 0.110 e. The van der Waals surface area contributed by atoms with E-state index in [0.29, 0.717) is 0 Å². The van der Waals surface area contributed by atoms with Gasteiger partial charge in [0.15, 0.2) is 0 Å². The van der Waals surface area contributed by atoms with Crippen LogP contribution in [0, 0.1) is 0 Å². The fraction of sp³-hybridized carbons (Fsp3) is 1.00. The van der Waals surface area contributed by atoms with Crippen molar-refractivity contribution in [3.05, 3.63) is 0 Å². The van der Waals surface area contributed by atoms with Crippen molar-refractivity contribution in [2.45, 2.75) is 30.8 Å². The molecule has 1 saturated heterocycles. The van der Waals surface area contributed by atoms with Crippen LogP contribution in [0.5, 0.6) is 0 Å². The van der Waals surface area contributed by atoms with Crippen LogP contribution in [0.4, 0.5) is 0 Å². The van der Waals surface area contributed by atoms with Gasteiger partial charge < -0.3 is 25.2 Å². The van der Waals surface area contributed by atoms with E-state index in [4.69, 9.17) is 14.9 Å². The second kappa shape index (κ2) is 4.15. The molecule has 4 unspecified atom stereocenters. The van der Waals surface area contributed by atoms with E-state index in [1.54, 1.807) is 0 Å². The Morgan fingerprint density at radius 1 is 0.917 bits per heavy atom. The lowest BCUT2D eigenvalue weighted by Crippen LogP contribution is -2.48. The van der Waals surface area contributed by atoms with Crippen LogP contribution in [0.2, 0.25) is 0 Å². The second-order valence-electron chi connectivity index (χ2n) is 2.98. The molecule has 1 fully saturated rings. The summed E-state index contributed by atoms with van der Waals surface area (Å²) in [6.07, 6.45) is -4.51. The van der Waals surface area contributed by atoms with Crippen LogP contribution in [0.25, 0.3) is 0 Å². The number of aliphatic hydroxyl groups is 4. The number of rotatable bonds is 0. The molecule has 0 bridgehead atoms. The minimum absolute atomic E-state index is 0.00898. The summed E-state index contributed by atoms with van der Waals surface area (Å²) < 4.78 is 4.89. The Morgan fingerprint density at radius 3 is 2.17 bits per heavy atom. The van der Waals surface area contributed by atoms with E-state index >= 15 is 0 Å². The highest BCUT2D eigenvalue weighted by atomic mass is 16.5. The van der Waals surface area contributed by atoms with Crippen molar-refractivity contribution >= 4 is 0 Å². The van der Waals surface area contributed by atoms with Gasteiger partial charge in [0.25, 0.3) is 0 Å². The number of aliphatic hydroxyl groups excluding tert-OH is 4. The first-order valence-corrected chi connectivity index (χ1v) is 3.93. The lowest BCUT2D eigenvalue weighted by Gasteiger charge is -2.29. The van der Waals surface area contributed by atoms with E-state index in [1.165, 1.54) is 0 Å². The molecule has 0 amide bonds. The normalized spacial score (nSPS) is 45.0. The summed E-state index contributed by atoms with van der Waals surface area (Å²) in [6, 6.07) is 0. The smallest absolute Gasteiger partial charge is 0.110 e. The van der Waals surface area contributed by atoms with Gasteiger partial charge in [-0.3, -0.25) is 0 Å². The van der Waals surface area contributed by atoms with Crippen molar-refractivity contribution in [3.8, 4) is 0 Å². The molecule has 1 heterocycles. The van der Waals surface area contributed by atoms with Crippen molar-refractivity contribution in [1.29, 1.82) is 0 Å². The molecule has 0 aromatic heterocycles.